The van der Waals surface area contributed by atoms with Gasteiger partial charge in [-0.25, -0.2) is 4.79 Å². The van der Waals surface area contributed by atoms with Crippen molar-refractivity contribution in [3.8, 4) is 0 Å². The summed E-state index contributed by atoms with van der Waals surface area (Å²) in [6, 6.07) is 16.8. The zero-order chi connectivity index (χ0) is 19.4. The molecule has 0 bridgehead atoms. The molecule has 0 atom stereocenters. The van der Waals surface area contributed by atoms with E-state index < -0.39 is 35.9 Å². The van der Waals surface area contributed by atoms with Crippen LogP contribution in [0.2, 0.25) is 0 Å². The lowest BCUT2D eigenvalue weighted by molar-refractivity contribution is -0.137. The maximum atomic E-state index is 12.9. The molecule has 0 saturated heterocycles. The summed E-state index contributed by atoms with van der Waals surface area (Å²) >= 11 is 0. The van der Waals surface area contributed by atoms with E-state index in [2.05, 4.69) is 5.32 Å². The van der Waals surface area contributed by atoms with E-state index in [1.54, 1.807) is 24.3 Å². The van der Waals surface area contributed by atoms with Crippen LogP contribution in [0.3, 0.4) is 0 Å². The summed E-state index contributed by atoms with van der Waals surface area (Å²) in [6.07, 6.45) is -4.61. The van der Waals surface area contributed by atoms with Crippen molar-refractivity contribution in [2.75, 3.05) is 11.9 Å². The van der Waals surface area contributed by atoms with Crippen molar-refractivity contribution in [2.45, 2.75) is 6.18 Å². The van der Waals surface area contributed by atoms with Crippen molar-refractivity contribution < 1.29 is 27.5 Å². The molecule has 27 heavy (non-hydrogen) atoms. The van der Waals surface area contributed by atoms with Crippen molar-refractivity contribution >= 4 is 28.3 Å². The number of hydrogen-bond donors (Lipinski definition) is 1. The van der Waals surface area contributed by atoms with Crippen LogP contribution < -0.4 is 5.32 Å². The summed E-state index contributed by atoms with van der Waals surface area (Å²) in [5.74, 6) is -1.59. The Balaban J connectivity index is 1.69. The number of alkyl halides is 3. The van der Waals surface area contributed by atoms with Crippen LogP contribution >= 0.6 is 0 Å². The number of anilines is 1. The first-order valence-electron chi connectivity index (χ1n) is 7.97. The molecule has 0 unspecified atom stereocenters. The number of para-hydroxylation sites is 1. The van der Waals surface area contributed by atoms with Crippen LogP contribution in [-0.2, 0) is 15.7 Å². The number of esters is 1. The molecular weight excluding hydrogens is 359 g/mol. The predicted molar refractivity (Wildman–Crippen MR) is 94.3 cm³/mol. The third-order valence-corrected chi connectivity index (χ3v) is 3.85. The third kappa shape index (κ3) is 4.25. The lowest BCUT2D eigenvalue weighted by Crippen LogP contribution is -2.22. The van der Waals surface area contributed by atoms with Gasteiger partial charge in [-0.1, -0.05) is 48.5 Å². The molecule has 138 valence electrons. The molecular formula is C20H14F3NO3. The van der Waals surface area contributed by atoms with Crippen LogP contribution in [0, 0.1) is 0 Å². The van der Waals surface area contributed by atoms with Gasteiger partial charge >= 0.3 is 12.1 Å². The number of carbonyl (C=O) groups excluding carboxylic acids is 2. The SMILES string of the molecule is O=C(COC(=O)c1cccc2ccccc12)Nc1ccccc1C(F)(F)F. The minimum atomic E-state index is -4.61. The third-order valence-electron chi connectivity index (χ3n) is 3.85. The van der Waals surface area contributed by atoms with Gasteiger partial charge in [-0.2, -0.15) is 13.2 Å². The first-order valence-corrected chi connectivity index (χ1v) is 7.97. The minimum Gasteiger partial charge on any atom is -0.452 e. The number of amides is 1. The van der Waals surface area contributed by atoms with Crippen molar-refractivity contribution in [3.63, 3.8) is 0 Å². The molecule has 1 N–H and O–H groups in total. The van der Waals surface area contributed by atoms with Crippen LogP contribution in [0.25, 0.3) is 10.8 Å². The molecule has 0 aliphatic carbocycles. The maximum Gasteiger partial charge on any atom is 0.418 e. The Kier molecular flexibility index (Phi) is 5.12. The van der Waals surface area contributed by atoms with Gasteiger partial charge < -0.3 is 10.1 Å². The van der Waals surface area contributed by atoms with Crippen molar-refractivity contribution in [1.29, 1.82) is 0 Å². The Morgan fingerprint density at radius 2 is 1.56 bits per heavy atom. The lowest BCUT2D eigenvalue weighted by Gasteiger charge is -2.13. The van der Waals surface area contributed by atoms with E-state index in [0.29, 0.717) is 5.39 Å². The number of fused-ring (bicyclic) bond motifs is 1. The number of ether oxygens (including phenoxy) is 1. The smallest absolute Gasteiger partial charge is 0.418 e. The van der Waals surface area contributed by atoms with Gasteiger partial charge in [0.05, 0.1) is 16.8 Å². The monoisotopic (exact) mass is 373 g/mol. The Morgan fingerprint density at radius 3 is 2.33 bits per heavy atom. The number of carbonyl (C=O) groups is 2. The summed E-state index contributed by atoms with van der Waals surface area (Å²) in [4.78, 5) is 24.2. The van der Waals surface area contributed by atoms with E-state index >= 15 is 0 Å². The topological polar surface area (TPSA) is 55.4 Å². The summed E-state index contributed by atoms with van der Waals surface area (Å²) in [5.41, 5.74) is -1.09. The van der Waals surface area contributed by atoms with E-state index in [9.17, 15) is 22.8 Å². The van der Waals surface area contributed by atoms with E-state index in [0.717, 1.165) is 17.5 Å². The van der Waals surface area contributed by atoms with Crippen LogP contribution in [0.1, 0.15) is 15.9 Å². The first-order chi connectivity index (χ1) is 12.9. The highest BCUT2D eigenvalue weighted by Gasteiger charge is 2.33. The molecule has 0 heterocycles. The summed E-state index contributed by atoms with van der Waals surface area (Å²) in [5, 5.41) is 3.61. The molecule has 3 rings (SSSR count). The molecule has 7 heteroatoms. The fourth-order valence-electron chi connectivity index (χ4n) is 2.64. The molecule has 0 aliphatic rings. The molecule has 0 spiro atoms. The van der Waals surface area contributed by atoms with Gasteiger partial charge in [0.25, 0.3) is 5.91 Å². The number of halogens is 3. The molecule has 0 fully saturated rings. The molecule has 1 amide bonds. The van der Waals surface area contributed by atoms with Crippen molar-refractivity contribution in [2.24, 2.45) is 0 Å². The second kappa shape index (κ2) is 7.49. The Bertz CT molecular complexity index is 994. The molecule has 0 saturated carbocycles. The number of hydrogen-bond acceptors (Lipinski definition) is 3. The van der Waals surface area contributed by atoms with Crippen LogP contribution in [0.15, 0.2) is 66.7 Å². The van der Waals surface area contributed by atoms with Gasteiger partial charge in [-0.05, 0) is 29.0 Å². The average molecular weight is 373 g/mol. The molecule has 3 aromatic rings. The van der Waals surface area contributed by atoms with Crippen molar-refractivity contribution in [1.82, 2.24) is 0 Å². The predicted octanol–water partition coefficient (Wildman–Crippen LogP) is 4.65. The second-order valence-corrected chi connectivity index (χ2v) is 5.69. The largest absolute Gasteiger partial charge is 0.452 e. The fourth-order valence-corrected chi connectivity index (χ4v) is 2.64. The number of benzene rings is 3. The van der Waals surface area contributed by atoms with Gasteiger partial charge in [-0.15, -0.1) is 0 Å². The summed E-state index contributed by atoms with van der Waals surface area (Å²) < 4.78 is 43.8. The lowest BCUT2D eigenvalue weighted by atomic mass is 10.1. The summed E-state index contributed by atoms with van der Waals surface area (Å²) in [7, 11) is 0. The van der Waals surface area contributed by atoms with Gasteiger partial charge in [0.1, 0.15) is 0 Å². The van der Waals surface area contributed by atoms with Gasteiger partial charge in [0.2, 0.25) is 0 Å². The van der Waals surface area contributed by atoms with Gasteiger partial charge in [-0.3, -0.25) is 4.79 Å². The summed E-state index contributed by atoms with van der Waals surface area (Å²) in [6.45, 7) is -0.700. The minimum absolute atomic E-state index is 0.275. The molecule has 0 aliphatic heterocycles. The maximum absolute atomic E-state index is 12.9. The van der Waals surface area contributed by atoms with E-state index in [1.807, 2.05) is 18.2 Å². The van der Waals surface area contributed by atoms with Crippen LogP contribution in [-0.4, -0.2) is 18.5 Å². The first kappa shape index (κ1) is 18.4. The molecule has 0 radical (unpaired) electrons. The molecule has 3 aromatic carbocycles. The van der Waals surface area contributed by atoms with E-state index in [1.165, 1.54) is 12.1 Å². The van der Waals surface area contributed by atoms with E-state index in [4.69, 9.17) is 4.74 Å². The van der Waals surface area contributed by atoms with Gasteiger partial charge in [0.15, 0.2) is 6.61 Å². The standard InChI is InChI=1S/C20H14F3NO3/c21-20(22,23)16-10-3-4-11-17(16)24-18(25)12-27-19(26)15-9-5-7-13-6-1-2-8-14(13)15/h1-11H,12H2,(H,24,25). The molecule has 0 aromatic heterocycles. The van der Waals surface area contributed by atoms with E-state index in [-0.39, 0.29) is 5.56 Å². The quantitative estimate of drug-likeness (QED) is 0.677. The Morgan fingerprint density at radius 1 is 0.889 bits per heavy atom. The molecule has 4 nitrogen and oxygen atoms in total. The average Bonchev–Trinajstić information content (AvgIpc) is 2.65. The van der Waals surface area contributed by atoms with Crippen LogP contribution in [0.5, 0.6) is 0 Å². The van der Waals surface area contributed by atoms with Crippen molar-refractivity contribution in [3.05, 3.63) is 77.9 Å². The fraction of sp³-hybridized carbons (Fsp3) is 0.100. The Hall–Kier alpha value is -3.35. The van der Waals surface area contributed by atoms with Crippen LogP contribution in [0.4, 0.5) is 18.9 Å². The normalized spacial score (nSPS) is 11.2. The number of nitrogens with one attached hydrogen (secondary N) is 1. The number of rotatable bonds is 4. The highest BCUT2D eigenvalue weighted by Crippen LogP contribution is 2.34. The van der Waals surface area contributed by atoms with Gasteiger partial charge in [0, 0.05) is 0 Å². The zero-order valence-electron chi connectivity index (χ0n) is 13.9. The highest BCUT2D eigenvalue weighted by atomic mass is 19.4. The second-order valence-electron chi connectivity index (χ2n) is 5.69. The Labute approximate surface area is 152 Å². The highest BCUT2D eigenvalue weighted by molar-refractivity contribution is 6.05. The zero-order valence-corrected chi connectivity index (χ0v) is 13.9.